The molecule has 1 aliphatic rings. The highest BCUT2D eigenvalue weighted by Gasteiger charge is 2.30. The summed E-state index contributed by atoms with van der Waals surface area (Å²) in [6.45, 7) is 3.29. The van der Waals surface area contributed by atoms with Gasteiger partial charge in [-0.3, -0.25) is 4.90 Å². The molecule has 2 amide bonds. The first-order chi connectivity index (χ1) is 8.11. The zero-order valence-corrected chi connectivity index (χ0v) is 11.3. The monoisotopic (exact) mass is 297 g/mol. The van der Waals surface area contributed by atoms with Crippen molar-refractivity contribution < 1.29 is 4.79 Å². The van der Waals surface area contributed by atoms with Gasteiger partial charge in [0, 0.05) is 17.1 Å². The first kappa shape index (κ1) is 12.4. The van der Waals surface area contributed by atoms with Crippen molar-refractivity contribution in [3.05, 3.63) is 28.2 Å². The number of halogens is 1. The first-order valence-corrected chi connectivity index (χ1v) is 6.45. The standard InChI is InChI=1S/C12H16BrN3O/c1-8-2-3-11(10(13)6-8)16-7-9(4-5-14)15-12(16)17/h2-3,6,9H,4-5,7,14H2,1H3,(H,15,17). The number of anilines is 1. The molecule has 4 nitrogen and oxygen atoms in total. The maximum absolute atomic E-state index is 11.9. The molecule has 0 radical (unpaired) electrons. The van der Waals surface area contributed by atoms with Crippen LogP contribution in [0.25, 0.3) is 0 Å². The van der Waals surface area contributed by atoms with E-state index in [4.69, 9.17) is 5.73 Å². The van der Waals surface area contributed by atoms with Crippen LogP contribution in [0.3, 0.4) is 0 Å². The van der Waals surface area contributed by atoms with Gasteiger partial charge < -0.3 is 11.1 Å². The summed E-state index contributed by atoms with van der Waals surface area (Å²) in [6, 6.07) is 6.08. The number of nitrogens with zero attached hydrogens (tertiary/aromatic N) is 1. The summed E-state index contributed by atoms with van der Waals surface area (Å²) in [5, 5.41) is 2.93. The highest BCUT2D eigenvalue weighted by atomic mass is 79.9. The van der Waals surface area contributed by atoms with Crippen LogP contribution in [0.15, 0.2) is 22.7 Å². The topological polar surface area (TPSA) is 58.4 Å². The van der Waals surface area contributed by atoms with E-state index < -0.39 is 0 Å². The normalized spacial score (nSPS) is 19.6. The molecule has 1 unspecified atom stereocenters. The molecule has 0 saturated carbocycles. The Hall–Kier alpha value is -1.07. The third-order valence-electron chi connectivity index (χ3n) is 2.88. The second kappa shape index (κ2) is 5.06. The Labute approximate surface area is 109 Å². The first-order valence-electron chi connectivity index (χ1n) is 5.66. The van der Waals surface area contributed by atoms with Gasteiger partial charge in [0.25, 0.3) is 0 Å². The van der Waals surface area contributed by atoms with Gasteiger partial charge in [-0.2, -0.15) is 0 Å². The average Bonchev–Trinajstić information content (AvgIpc) is 2.60. The molecule has 1 atom stereocenters. The molecule has 1 aromatic rings. The number of rotatable bonds is 3. The molecule has 0 aliphatic carbocycles. The van der Waals surface area contributed by atoms with Crippen molar-refractivity contribution in [3.8, 4) is 0 Å². The fourth-order valence-corrected chi connectivity index (χ4v) is 2.71. The van der Waals surface area contributed by atoms with Gasteiger partial charge in [-0.25, -0.2) is 4.79 Å². The summed E-state index contributed by atoms with van der Waals surface area (Å²) < 4.78 is 0.945. The lowest BCUT2D eigenvalue weighted by molar-refractivity contribution is 0.250. The van der Waals surface area contributed by atoms with Crippen LogP contribution >= 0.6 is 15.9 Å². The Morgan fingerprint density at radius 2 is 2.35 bits per heavy atom. The SMILES string of the molecule is Cc1ccc(N2CC(CCN)NC2=O)c(Br)c1. The lowest BCUT2D eigenvalue weighted by atomic mass is 10.2. The van der Waals surface area contributed by atoms with Crippen LogP contribution in [-0.2, 0) is 0 Å². The molecule has 0 bridgehead atoms. The number of nitrogens with one attached hydrogen (secondary N) is 1. The number of nitrogens with two attached hydrogens (primary N) is 1. The summed E-state index contributed by atoms with van der Waals surface area (Å²) >= 11 is 3.50. The highest BCUT2D eigenvalue weighted by molar-refractivity contribution is 9.10. The van der Waals surface area contributed by atoms with Gasteiger partial charge in [0.1, 0.15) is 0 Å². The number of urea groups is 1. The molecule has 2 rings (SSSR count). The lowest BCUT2D eigenvalue weighted by Gasteiger charge is -2.16. The van der Waals surface area contributed by atoms with Crippen LogP contribution < -0.4 is 16.0 Å². The largest absolute Gasteiger partial charge is 0.333 e. The summed E-state index contributed by atoms with van der Waals surface area (Å²) in [5.41, 5.74) is 7.58. The van der Waals surface area contributed by atoms with Crippen molar-refractivity contribution in [2.24, 2.45) is 5.73 Å². The summed E-state index contributed by atoms with van der Waals surface area (Å²) in [4.78, 5) is 13.6. The Morgan fingerprint density at radius 3 is 3.00 bits per heavy atom. The Bertz CT molecular complexity index is 436. The van der Waals surface area contributed by atoms with Crippen molar-refractivity contribution in [1.82, 2.24) is 5.32 Å². The second-order valence-electron chi connectivity index (χ2n) is 4.29. The molecular formula is C12H16BrN3O. The van der Waals surface area contributed by atoms with Crippen molar-refractivity contribution in [2.45, 2.75) is 19.4 Å². The summed E-state index contributed by atoms with van der Waals surface area (Å²) in [5.74, 6) is 0. The predicted octanol–water partition coefficient (Wildman–Crippen LogP) is 2.00. The third kappa shape index (κ3) is 2.61. The predicted molar refractivity (Wildman–Crippen MR) is 72.2 cm³/mol. The number of carbonyl (C=O) groups is 1. The maximum Gasteiger partial charge on any atom is 0.322 e. The Balaban J connectivity index is 2.20. The van der Waals surface area contributed by atoms with Gasteiger partial charge >= 0.3 is 6.03 Å². The van der Waals surface area contributed by atoms with Crippen LogP contribution in [0.4, 0.5) is 10.5 Å². The quantitative estimate of drug-likeness (QED) is 0.896. The van der Waals surface area contributed by atoms with Crippen molar-refractivity contribution in [3.63, 3.8) is 0 Å². The van der Waals surface area contributed by atoms with E-state index in [0.29, 0.717) is 13.1 Å². The van der Waals surface area contributed by atoms with E-state index in [1.165, 1.54) is 5.56 Å². The smallest absolute Gasteiger partial charge is 0.322 e. The van der Waals surface area contributed by atoms with E-state index >= 15 is 0 Å². The molecule has 1 fully saturated rings. The van der Waals surface area contributed by atoms with Gasteiger partial charge in [-0.15, -0.1) is 0 Å². The molecule has 17 heavy (non-hydrogen) atoms. The van der Waals surface area contributed by atoms with Crippen molar-refractivity contribution in [1.29, 1.82) is 0 Å². The van der Waals surface area contributed by atoms with Crippen LogP contribution in [0.2, 0.25) is 0 Å². The van der Waals surface area contributed by atoms with Gasteiger partial charge in [0.2, 0.25) is 0 Å². The van der Waals surface area contributed by atoms with Crippen LogP contribution in [0, 0.1) is 6.92 Å². The van der Waals surface area contributed by atoms with Gasteiger partial charge in [0.15, 0.2) is 0 Å². The molecule has 1 aromatic carbocycles. The average molecular weight is 298 g/mol. The van der Waals surface area contributed by atoms with Gasteiger partial charge in [0.05, 0.1) is 5.69 Å². The molecule has 92 valence electrons. The van der Waals surface area contributed by atoms with E-state index in [2.05, 4.69) is 21.2 Å². The van der Waals surface area contributed by atoms with E-state index in [1.807, 2.05) is 25.1 Å². The number of carbonyl (C=O) groups excluding carboxylic acids is 1. The Morgan fingerprint density at radius 1 is 1.59 bits per heavy atom. The van der Waals surface area contributed by atoms with Crippen LogP contribution in [0.1, 0.15) is 12.0 Å². The Kier molecular flexibility index (Phi) is 3.69. The minimum absolute atomic E-state index is 0.0481. The van der Waals surface area contributed by atoms with E-state index in [1.54, 1.807) is 4.90 Å². The van der Waals surface area contributed by atoms with E-state index in [-0.39, 0.29) is 12.1 Å². The fraction of sp³-hybridized carbons (Fsp3) is 0.417. The number of hydrogen-bond donors (Lipinski definition) is 2. The number of benzene rings is 1. The van der Waals surface area contributed by atoms with E-state index in [9.17, 15) is 4.79 Å². The molecule has 5 heteroatoms. The highest BCUT2D eigenvalue weighted by Crippen LogP contribution is 2.29. The minimum atomic E-state index is -0.0481. The minimum Gasteiger partial charge on any atom is -0.333 e. The summed E-state index contributed by atoms with van der Waals surface area (Å²) in [6.07, 6.45) is 0.811. The van der Waals surface area contributed by atoms with Crippen LogP contribution in [0.5, 0.6) is 0 Å². The van der Waals surface area contributed by atoms with Gasteiger partial charge in [-0.05, 0) is 53.5 Å². The second-order valence-corrected chi connectivity index (χ2v) is 5.14. The number of hydrogen-bond acceptors (Lipinski definition) is 2. The molecule has 0 aromatic heterocycles. The van der Waals surface area contributed by atoms with Crippen LogP contribution in [-0.4, -0.2) is 25.2 Å². The molecule has 0 spiro atoms. The third-order valence-corrected chi connectivity index (χ3v) is 3.52. The molecule has 3 N–H and O–H groups in total. The summed E-state index contributed by atoms with van der Waals surface area (Å²) in [7, 11) is 0. The maximum atomic E-state index is 11.9. The fourth-order valence-electron chi connectivity index (χ4n) is 2.00. The zero-order chi connectivity index (χ0) is 12.4. The molecule has 1 aliphatic heterocycles. The molecular weight excluding hydrogens is 282 g/mol. The number of amides is 2. The van der Waals surface area contributed by atoms with Crippen molar-refractivity contribution >= 4 is 27.6 Å². The molecule has 1 heterocycles. The zero-order valence-electron chi connectivity index (χ0n) is 9.74. The van der Waals surface area contributed by atoms with Gasteiger partial charge in [-0.1, -0.05) is 6.07 Å². The van der Waals surface area contributed by atoms with E-state index in [0.717, 1.165) is 16.6 Å². The lowest BCUT2D eigenvalue weighted by Crippen LogP contribution is -2.29. The number of aryl methyl sites for hydroxylation is 1. The van der Waals surface area contributed by atoms with Crippen molar-refractivity contribution in [2.75, 3.05) is 18.0 Å². The molecule has 1 saturated heterocycles.